The lowest BCUT2D eigenvalue weighted by Gasteiger charge is -2.45. The molecule has 5 rings (SSSR count). The third-order valence-corrected chi connectivity index (χ3v) is 8.21. The first-order valence-corrected chi connectivity index (χ1v) is 12.5. The lowest BCUT2D eigenvalue weighted by Crippen LogP contribution is -2.64. The van der Waals surface area contributed by atoms with E-state index in [-0.39, 0.29) is 17.9 Å². The van der Waals surface area contributed by atoms with Crippen LogP contribution in [0.4, 0.5) is 0 Å². The molecule has 1 aliphatic heterocycles. The number of benzene rings is 1. The third kappa shape index (κ3) is 3.73. The van der Waals surface area contributed by atoms with Crippen LogP contribution in [-0.2, 0) is 17.9 Å². The van der Waals surface area contributed by atoms with Gasteiger partial charge in [0, 0.05) is 17.6 Å². The second-order valence-corrected chi connectivity index (χ2v) is 10.9. The summed E-state index contributed by atoms with van der Waals surface area (Å²) in [7, 11) is 0. The summed E-state index contributed by atoms with van der Waals surface area (Å²) in [5.74, 6) is 0.522. The van der Waals surface area contributed by atoms with Crippen LogP contribution in [0.25, 0.3) is 10.2 Å². The number of carbonyl (C=O) groups is 2. The van der Waals surface area contributed by atoms with Crippen molar-refractivity contribution in [1.29, 1.82) is 0 Å². The van der Waals surface area contributed by atoms with E-state index in [2.05, 4.69) is 12.2 Å². The molecule has 1 atom stereocenters. The zero-order chi connectivity index (χ0) is 22.5. The summed E-state index contributed by atoms with van der Waals surface area (Å²) in [5, 5.41) is 5.95. The zero-order valence-electron chi connectivity index (χ0n) is 18.4. The van der Waals surface area contributed by atoms with Crippen molar-refractivity contribution in [2.24, 2.45) is 5.92 Å². The van der Waals surface area contributed by atoms with Gasteiger partial charge >= 0.3 is 0 Å². The van der Waals surface area contributed by atoms with Crippen LogP contribution in [0.15, 0.2) is 41.8 Å². The fourth-order valence-electron chi connectivity index (χ4n) is 5.08. The van der Waals surface area contributed by atoms with E-state index in [1.165, 1.54) is 0 Å². The highest BCUT2D eigenvalue weighted by molar-refractivity contribution is 7.17. The molecule has 0 spiro atoms. The van der Waals surface area contributed by atoms with Gasteiger partial charge < -0.3 is 14.8 Å². The lowest BCUT2D eigenvalue weighted by atomic mass is 9.86. The number of nitrogens with zero attached hydrogens (tertiary/aromatic N) is 2. The maximum atomic E-state index is 13.7. The maximum Gasteiger partial charge on any atom is 0.271 e. The Hall–Kier alpha value is -2.31. The molecule has 168 valence electrons. The topological polar surface area (TPSA) is 54.3 Å². The molecule has 3 aromatic rings. The number of carbonyl (C=O) groups excluding carboxylic acids is 2. The molecule has 1 aromatic carbocycles. The van der Waals surface area contributed by atoms with Crippen molar-refractivity contribution in [3.05, 3.63) is 58.1 Å². The van der Waals surface area contributed by atoms with Gasteiger partial charge in [0.25, 0.3) is 5.91 Å². The van der Waals surface area contributed by atoms with E-state index < -0.39 is 5.54 Å². The molecule has 5 nitrogen and oxygen atoms in total. The number of fused-ring (bicyclic) bond motifs is 3. The van der Waals surface area contributed by atoms with Crippen molar-refractivity contribution in [1.82, 2.24) is 14.8 Å². The number of amides is 2. The Morgan fingerprint density at radius 1 is 1.22 bits per heavy atom. The first-order valence-electron chi connectivity index (χ1n) is 11.3. The van der Waals surface area contributed by atoms with Crippen LogP contribution >= 0.6 is 22.9 Å². The number of rotatable bonds is 4. The highest BCUT2D eigenvalue weighted by atomic mass is 35.5. The smallest absolute Gasteiger partial charge is 0.271 e. The van der Waals surface area contributed by atoms with Gasteiger partial charge in [0.15, 0.2) is 0 Å². The number of thiophene rings is 1. The van der Waals surface area contributed by atoms with Crippen LogP contribution in [0.5, 0.6) is 0 Å². The Morgan fingerprint density at radius 3 is 2.75 bits per heavy atom. The fraction of sp³-hybridized carbons (Fsp3) is 0.440. The molecule has 2 aliphatic rings. The van der Waals surface area contributed by atoms with Gasteiger partial charge in [-0.1, -0.05) is 30.7 Å². The van der Waals surface area contributed by atoms with Crippen LogP contribution in [0.2, 0.25) is 5.02 Å². The van der Waals surface area contributed by atoms with Gasteiger partial charge in [0.2, 0.25) is 5.91 Å². The second-order valence-electron chi connectivity index (χ2n) is 9.51. The van der Waals surface area contributed by atoms with E-state index in [0.717, 1.165) is 41.5 Å². The number of hydrogen-bond acceptors (Lipinski definition) is 3. The summed E-state index contributed by atoms with van der Waals surface area (Å²) in [5.41, 5.74) is 1.58. The van der Waals surface area contributed by atoms with Gasteiger partial charge in [0.1, 0.15) is 11.2 Å². The predicted octanol–water partition coefficient (Wildman–Crippen LogP) is 5.47. The van der Waals surface area contributed by atoms with Crippen molar-refractivity contribution in [3.63, 3.8) is 0 Å². The summed E-state index contributed by atoms with van der Waals surface area (Å²) in [6.07, 6.45) is 4.25. The average Bonchev–Trinajstić information content (AvgIpc) is 3.35. The maximum absolute atomic E-state index is 13.7. The number of hydrogen-bond donors (Lipinski definition) is 1. The fourth-order valence-corrected chi connectivity index (χ4v) is 6.12. The Labute approximate surface area is 197 Å². The Kier molecular flexibility index (Phi) is 5.54. The third-order valence-electron chi connectivity index (χ3n) is 7.12. The van der Waals surface area contributed by atoms with Gasteiger partial charge in [-0.2, -0.15) is 0 Å². The van der Waals surface area contributed by atoms with Crippen molar-refractivity contribution < 1.29 is 9.59 Å². The molecule has 0 saturated heterocycles. The molecule has 32 heavy (non-hydrogen) atoms. The Balaban J connectivity index is 1.51. The predicted molar refractivity (Wildman–Crippen MR) is 129 cm³/mol. The highest BCUT2D eigenvalue weighted by Gasteiger charge is 2.48. The molecular weight excluding hydrogens is 442 g/mol. The molecule has 1 fully saturated rings. The monoisotopic (exact) mass is 469 g/mol. The second kappa shape index (κ2) is 8.23. The van der Waals surface area contributed by atoms with E-state index in [0.29, 0.717) is 29.7 Å². The first kappa shape index (κ1) is 21.5. The molecule has 7 heteroatoms. The number of aromatic nitrogens is 1. The van der Waals surface area contributed by atoms with Gasteiger partial charge in [-0.15, -0.1) is 11.3 Å². The van der Waals surface area contributed by atoms with Gasteiger partial charge in [-0.3, -0.25) is 9.59 Å². The quantitative estimate of drug-likeness (QED) is 0.551. The molecule has 1 unspecified atom stereocenters. The SMILES string of the molecule is CC1CCC(NC(=O)C2(C)Cn3c(cc4sccc43)C(=O)N2Cc2cccc(Cl)c2)CC1. The highest BCUT2D eigenvalue weighted by Crippen LogP contribution is 2.36. The van der Waals surface area contributed by atoms with E-state index in [1.54, 1.807) is 16.2 Å². The number of halogens is 1. The van der Waals surface area contributed by atoms with Crippen LogP contribution in [0.3, 0.4) is 0 Å². The molecule has 2 aromatic heterocycles. The average molecular weight is 470 g/mol. The summed E-state index contributed by atoms with van der Waals surface area (Å²) in [6.45, 7) is 4.94. The van der Waals surface area contributed by atoms with Gasteiger partial charge in [-0.25, -0.2) is 0 Å². The van der Waals surface area contributed by atoms with Gasteiger partial charge in [-0.05, 0) is 73.7 Å². The molecule has 3 heterocycles. The summed E-state index contributed by atoms with van der Waals surface area (Å²) < 4.78 is 3.09. The molecule has 0 radical (unpaired) electrons. The molecule has 0 bridgehead atoms. The van der Waals surface area contributed by atoms with Gasteiger partial charge in [0.05, 0.1) is 16.8 Å². The molecule has 1 N–H and O–H groups in total. The summed E-state index contributed by atoms with van der Waals surface area (Å²) in [4.78, 5) is 29.2. The van der Waals surface area contributed by atoms with E-state index in [4.69, 9.17) is 11.6 Å². The molecule has 2 amide bonds. The van der Waals surface area contributed by atoms with E-state index >= 15 is 0 Å². The van der Waals surface area contributed by atoms with Crippen molar-refractivity contribution in [2.75, 3.05) is 0 Å². The molecule has 1 saturated carbocycles. The van der Waals surface area contributed by atoms with Crippen molar-refractivity contribution in [3.8, 4) is 0 Å². The minimum absolute atomic E-state index is 0.0739. The largest absolute Gasteiger partial charge is 0.351 e. The Morgan fingerprint density at radius 2 is 2.00 bits per heavy atom. The van der Waals surface area contributed by atoms with Crippen molar-refractivity contribution >= 4 is 45.0 Å². The minimum Gasteiger partial charge on any atom is -0.351 e. The van der Waals surface area contributed by atoms with Crippen LogP contribution in [0.1, 0.15) is 55.6 Å². The minimum atomic E-state index is -0.997. The van der Waals surface area contributed by atoms with Crippen molar-refractivity contribution in [2.45, 2.75) is 64.2 Å². The molecule has 1 aliphatic carbocycles. The normalized spacial score (nSPS) is 25.7. The van der Waals surface area contributed by atoms with E-state index in [9.17, 15) is 9.59 Å². The van der Waals surface area contributed by atoms with Crippen LogP contribution < -0.4 is 5.32 Å². The summed E-state index contributed by atoms with van der Waals surface area (Å²) in [6, 6.07) is 11.7. The summed E-state index contributed by atoms with van der Waals surface area (Å²) >= 11 is 7.83. The Bertz CT molecular complexity index is 1180. The standard InChI is InChI=1S/C25H28ClN3O2S/c1-16-6-8-19(9-7-16)27-24(31)25(2)15-28-20-10-11-32-22(20)13-21(28)23(30)29(25)14-17-4-3-5-18(26)12-17/h3-5,10-13,16,19H,6-9,14-15H2,1-2H3,(H,27,31). The zero-order valence-corrected chi connectivity index (χ0v) is 20.0. The molecular formula is C25H28ClN3O2S. The first-order chi connectivity index (χ1) is 15.3. The van der Waals surface area contributed by atoms with Crippen LogP contribution in [0, 0.1) is 5.92 Å². The number of nitrogens with one attached hydrogen (secondary N) is 1. The van der Waals surface area contributed by atoms with Crippen LogP contribution in [-0.4, -0.2) is 32.9 Å². The lowest BCUT2D eigenvalue weighted by molar-refractivity contribution is -0.134. The van der Waals surface area contributed by atoms with E-state index in [1.807, 2.05) is 53.3 Å².